The van der Waals surface area contributed by atoms with Gasteiger partial charge in [-0.3, -0.25) is 14.5 Å². The Labute approximate surface area is 279 Å². The van der Waals surface area contributed by atoms with Crippen molar-refractivity contribution in [1.29, 1.82) is 0 Å². The number of nitrogens with zero attached hydrogens (tertiary/aromatic N) is 3. The second-order valence-electron chi connectivity index (χ2n) is 13.4. The molecule has 1 aliphatic heterocycles. The molecule has 0 fully saturated rings. The summed E-state index contributed by atoms with van der Waals surface area (Å²) in [5.41, 5.74) is 1.31. The third-order valence-corrected chi connectivity index (χ3v) is 13.8. The predicted molar refractivity (Wildman–Crippen MR) is 179 cm³/mol. The number of aromatic nitrogens is 2. The van der Waals surface area contributed by atoms with Crippen molar-refractivity contribution in [2.75, 3.05) is 18.1 Å². The first kappa shape index (κ1) is 35.0. The van der Waals surface area contributed by atoms with Gasteiger partial charge < -0.3 is 9.74 Å². The Morgan fingerprint density at radius 1 is 0.979 bits per heavy atom. The highest BCUT2D eigenvalue weighted by molar-refractivity contribution is 6.74. The average Bonchev–Trinajstić information content (AvgIpc) is 3.40. The molecule has 0 aliphatic carbocycles. The maximum absolute atomic E-state index is 14.4. The van der Waals surface area contributed by atoms with Crippen LogP contribution in [0.2, 0.25) is 18.1 Å². The number of anilines is 1. The Morgan fingerprint density at radius 2 is 1.65 bits per heavy atom. The van der Waals surface area contributed by atoms with Gasteiger partial charge in [-0.1, -0.05) is 57.2 Å². The number of amides is 2. The topological polar surface area (TPSA) is 76.5 Å². The van der Waals surface area contributed by atoms with Crippen LogP contribution in [0.3, 0.4) is 0 Å². The Balaban J connectivity index is 1.67. The highest BCUT2D eigenvalue weighted by atomic mass is 28.4. The summed E-state index contributed by atoms with van der Waals surface area (Å²) in [6.07, 6.45) is -4.28. The molecule has 0 radical (unpaired) electrons. The van der Waals surface area contributed by atoms with E-state index in [1.165, 1.54) is 23.1 Å². The second kappa shape index (κ2) is 13.3. The lowest BCUT2D eigenvalue weighted by Crippen LogP contribution is -2.55. The Morgan fingerprint density at radius 3 is 2.25 bits per heavy atom. The van der Waals surface area contributed by atoms with Crippen LogP contribution >= 0.6 is 0 Å². The molecule has 2 heterocycles. The van der Waals surface area contributed by atoms with E-state index in [9.17, 15) is 27.2 Å². The van der Waals surface area contributed by atoms with E-state index in [0.717, 1.165) is 18.2 Å². The Hall–Kier alpha value is -4.29. The SMILES string of the molecule is CCN1C(=O)[C@H](NC(=O)c2cccc(C(F)(F)F)c2)[C@H](c2ccc(F)cc2)c2c(CCO[Si](C)(C)C(C)(C)C)nn(-c3ccccc3)c21. The average molecular weight is 681 g/mol. The molecule has 0 spiro atoms. The number of hydrogen-bond acceptors (Lipinski definition) is 4. The van der Waals surface area contributed by atoms with Gasteiger partial charge in [-0.2, -0.15) is 18.3 Å². The molecule has 4 aromatic rings. The summed E-state index contributed by atoms with van der Waals surface area (Å²) in [7, 11) is -2.14. The largest absolute Gasteiger partial charge is 0.416 e. The molecular formula is C36H40F4N4O3Si. The van der Waals surface area contributed by atoms with Gasteiger partial charge in [-0.15, -0.1) is 0 Å². The van der Waals surface area contributed by atoms with E-state index in [1.54, 1.807) is 23.7 Å². The zero-order chi connectivity index (χ0) is 35.0. The number of nitrogens with one attached hydrogen (secondary N) is 1. The van der Waals surface area contributed by atoms with E-state index in [4.69, 9.17) is 9.52 Å². The summed E-state index contributed by atoms with van der Waals surface area (Å²) < 4.78 is 63.0. The molecule has 0 bridgehead atoms. The molecule has 1 aliphatic rings. The maximum atomic E-state index is 14.4. The van der Waals surface area contributed by atoms with Crippen molar-refractivity contribution in [3.63, 3.8) is 0 Å². The van der Waals surface area contributed by atoms with E-state index in [-0.39, 0.29) is 17.1 Å². The molecule has 1 N–H and O–H groups in total. The molecule has 0 saturated carbocycles. The van der Waals surface area contributed by atoms with Gasteiger partial charge in [0, 0.05) is 36.6 Å². The standard InChI is InChI=1S/C36H40F4N4O3Si/c1-7-43-33-30(28(20-21-47-48(5,6)35(2,3)4)42-44(33)27-14-9-8-10-15-27)29(23-16-18-26(37)19-17-23)31(34(43)46)41-32(45)24-12-11-13-25(22-24)36(38,39)40/h8-19,22,29,31H,7,20-21H2,1-6H3,(H,41,45)/t29-,31-/m1/s1. The van der Waals surface area contributed by atoms with Crippen LogP contribution in [0, 0.1) is 5.82 Å². The molecule has 5 rings (SSSR count). The fourth-order valence-corrected chi connectivity index (χ4v) is 6.76. The van der Waals surface area contributed by atoms with Crippen molar-refractivity contribution in [1.82, 2.24) is 15.1 Å². The van der Waals surface area contributed by atoms with Gasteiger partial charge in [0.05, 0.1) is 16.9 Å². The maximum Gasteiger partial charge on any atom is 0.416 e. The first-order valence-electron chi connectivity index (χ1n) is 15.9. The number of benzene rings is 3. The normalized spacial score (nSPS) is 17.0. The summed E-state index contributed by atoms with van der Waals surface area (Å²) >= 11 is 0. The fourth-order valence-electron chi connectivity index (χ4n) is 5.72. The van der Waals surface area contributed by atoms with Crippen molar-refractivity contribution in [3.8, 4) is 5.69 Å². The van der Waals surface area contributed by atoms with E-state index in [1.807, 2.05) is 30.3 Å². The Bertz CT molecular complexity index is 1780. The zero-order valence-electron chi connectivity index (χ0n) is 27.9. The number of para-hydroxylation sites is 1. The summed E-state index contributed by atoms with van der Waals surface area (Å²) in [5.74, 6) is -2.13. The molecule has 2 amide bonds. The fraction of sp³-hybridized carbons (Fsp3) is 0.361. The summed E-state index contributed by atoms with van der Waals surface area (Å²) in [4.78, 5) is 29.6. The van der Waals surface area contributed by atoms with Gasteiger partial charge in [0.25, 0.3) is 11.8 Å². The van der Waals surface area contributed by atoms with Gasteiger partial charge >= 0.3 is 6.18 Å². The van der Waals surface area contributed by atoms with Crippen molar-refractivity contribution in [2.24, 2.45) is 0 Å². The molecule has 2 atom stereocenters. The van der Waals surface area contributed by atoms with E-state index in [0.29, 0.717) is 41.4 Å². The quantitative estimate of drug-likeness (QED) is 0.144. The minimum absolute atomic E-state index is 0.0311. The van der Waals surface area contributed by atoms with E-state index in [2.05, 4.69) is 39.2 Å². The number of fused-ring (bicyclic) bond motifs is 1. The van der Waals surface area contributed by atoms with Crippen molar-refractivity contribution in [3.05, 3.63) is 113 Å². The molecule has 12 heteroatoms. The van der Waals surface area contributed by atoms with Crippen LogP contribution in [-0.4, -0.2) is 49.1 Å². The van der Waals surface area contributed by atoms with Crippen LogP contribution in [0.1, 0.15) is 66.4 Å². The molecule has 0 unspecified atom stereocenters. The smallest absolute Gasteiger partial charge is 0.416 e. The number of alkyl halides is 3. The first-order chi connectivity index (χ1) is 22.5. The molecule has 254 valence electrons. The number of rotatable bonds is 9. The van der Waals surface area contributed by atoms with E-state index >= 15 is 0 Å². The molecule has 1 aromatic heterocycles. The second-order valence-corrected chi connectivity index (χ2v) is 18.2. The van der Waals surface area contributed by atoms with E-state index < -0.39 is 49.6 Å². The molecule has 48 heavy (non-hydrogen) atoms. The van der Waals surface area contributed by atoms with Crippen molar-refractivity contribution in [2.45, 2.75) is 70.4 Å². The highest BCUT2D eigenvalue weighted by Gasteiger charge is 2.46. The lowest BCUT2D eigenvalue weighted by molar-refractivity contribution is -0.137. The number of halogens is 4. The first-order valence-corrected chi connectivity index (χ1v) is 18.8. The number of likely N-dealkylation sites (N-methyl/N-ethyl adjacent to an activating group) is 1. The minimum Gasteiger partial charge on any atom is -0.416 e. The number of carbonyl (C=O) groups excluding carboxylic acids is 2. The lowest BCUT2D eigenvalue weighted by Gasteiger charge is -2.39. The summed E-state index contributed by atoms with van der Waals surface area (Å²) in [5, 5.41) is 7.75. The van der Waals surface area contributed by atoms with Gasteiger partial charge in [0.2, 0.25) is 0 Å². The molecule has 3 aromatic carbocycles. The van der Waals surface area contributed by atoms with Crippen LogP contribution in [0.4, 0.5) is 23.4 Å². The predicted octanol–water partition coefficient (Wildman–Crippen LogP) is 7.89. The zero-order valence-corrected chi connectivity index (χ0v) is 28.9. The van der Waals surface area contributed by atoms with Crippen LogP contribution in [0.5, 0.6) is 0 Å². The van der Waals surface area contributed by atoms with Crippen LogP contribution in [0.15, 0.2) is 78.9 Å². The van der Waals surface area contributed by atoms with Crippen molar-refractivity contribution >= 4 is 25.9 Å². The van der Waals surface area contributed by atoms with Gasteiger partial charge in [-0.25, -0.2) is 9.07 Å². The number of carbonyl (C=O) groups is 2. The lowest BCUT2D eigenvalue weighted by atomic mass is 9.80. The molecular weight excluding hydrogens is 640 g/mol. The third kappa shape index (κ3) is 6.95. The van der Waals surface area contributed by atoms with Gasteiger partial charge in [0.15, 0.2) is 8.32 Å². The van der Waals surface area contributed by atoms with Crippen LogP contribution in [0.25, 0.3) is 5.69 Å². The van der Waals surface area contributed by atoms with Crippen molar-refractivity contribution < 1.29 is 31.6 Å². The summed E-state index contributed by atoms with van der Waals surface area (Å²) in [6.45, 7) is 13.1. The summed E-state index contributed by atoms with van der Waals surface area (Å²) in [6, 6.07) is 17.8. The highest BCUT2D eigenvalue weighted by Crippen LogP contribution is 2.44. The van der Waals surface area contributed by atoms with Gasteiger partial charge in [0.1, 0.15) is 17.7 Å². The minimum atomic E-state index is -4.66. The molecule has 7 nitrogen and oxygen atoms in total. The van der Waals surface area contributed by atoms with Gasteiger partial charge in [-0.05, 0) is 73.1 Å². The molecule has 0 saturated heterocycles. The van der Waals surface area contributed by atoms with Crippen LogP contribution < -0.4 is 10.2 Å². The third-order valence-electron chi connectivity index (χ3n) is 9.30. The van der Waals surface area contributed by atoms with Crippen LogP contribution in [-0.2, 0) is 21.8 Å². The Kier molecular flexibility index (Phi) is 9.71. The monoisotopic (exact) mass is 680 g/mol. The number of hydrogen-bond donors (Lipinski definition) is 1.